The first-order valence-corrected chi connectivity index (χ1v) is 10.1. The number of halogens is 5. The first-order valence-electron chi connectivity index (χ1n) is 10.1. The van der Waals surface area contributed by atoms with Crippen molar-refractivity contribution < 1.29 is 36.6 Å². The van der Waals surface area contributed by atoms with E-state index in [-0.39, 0.29) is 0 Å². The summed E-state index contributed by atoms with van der Waals surface area (Å²) in [6, 6.07) is -1.74. The normalized spacial score (nSPS) is 20.0. The SMILES string of the molecule is C[C@@H]1CC(F)(F)[C@H](C)N(C)C(=O)c2c(O)c(=O)c(C(=O)NCc3c(F)cc(F)cc3F)cn2N1. The van der Waals surface area contributed by atoms with Gasteiger partial charge in [0, 0.05) is 49.9 Å². The molecule has 34 heavy (non-hydrogen) atoms. The predicted molar refractivity (Wildman–Crippen MR) is 110 cm³/mol. The topological polar surface area (TPSA) is 104 Å². The zero-order chi connectivity index (χ0) is 25.5. The number of nitrogens with zero attached hydrogens (tertiary/aromatic N) is 2. The highest BCUT2D eigenvalue weighted by atomic mass is 19.3. The van der Waals surface area contributed by atoms with Gasteiger partial charge in [-0.1, -0.05) is 0 Å². The van der Waals surface area contributed by atoms with Crippen LogP contribution in [0.2, 0.25) is 0 Å². The summed E-state index contributed by atoms with van der Waals surface area (Å²) < 4.78 is 70.6. The molecule has 0 bridgehead atoms. The summed E-state index contributed by atoms with van der Waals surface area (Å²) in [5, 5.41) is 12.5. The van der Waals surface area contributed by atoms with Crippen molar-refractivity contribution in [3.8, 4) is 5.75 Å². The molecular weight excluding hydrogens is 467 g/mol. The van der Waals surface area contributed by atoms with E-state index in [1.54, 1.807) is 0 Å². The van der Waals surface area contributed by atoms with Gasteiger partial charge >= 0.3 is 0 Å². The number of pyridine rings is 1. The van der Waals surface area contributed by atoms with Crippen LogP contribution >= 0.6 is 0 Å². The van der Waals surface area contributed by atoms with Gasteiger partial charge < -0.3 is 20.7 Å². The second-order valence-electron chi connectivity index (χ2n) is 8.06. The van der Waals surface area contributed by atoms with Crippen LogP contribution in [0.25, 0.3) is 0 Å². The van der Waals surface area contributed by atoms with Crippen LogP contribution in [0.3, 0.4) is 0 Å². The van der Waals surface area contributed by atoms with Gasteiger partial charge in [-0.25, -0.2) is 22.0 Å². The third kappa shape index (κ3) is 4.54. The zero-order valence-electron chi connectivity index (χ0n) is 18.3. The highest BCUT2D eigenvalue weighted by Crippen LogP contribution is 2.31. The summed E-state index contributed by atoms with van der Waals surface area (Å²) in [5.74, 6) is -10.5. The lowest BCUT2D eigenvalue weighted by molar-refractivity contribution is -0.0691. The van der Waals surface area contributed by atoms with E-state index < -0.39 is 88.2 Å². The molecule has 8 nitrogen and oxygen atoms in total. The molecule has 0 fully saturated rings. The van der Waals surface area contributed by atoms with Gasteiger partial charge in [0.25, 0.3) is 17.7 Å². The molecule has 3 rings (SSSR count). The van der Waals surface area contributed by atoms with E-state index in [9.17, 15) is 41.4 Å². The van der Waals surface area contributed by atoms with Gasteiger partial charge in [0.05, 0.1) is 6.04 Å². The molecule has 1 aromatic carbocycles. The van der Waals surface area contributed by atoms with Crippen molar-refractivity contribution in [2.75, 3.05) is 12.5 Å². The van der Waals surface area contributed by atoms with Crippen molar-refractivity contribution in [1.29, 1.82) is 0 Å². The third-order valence-electron chi connectivity index (χ3n) is 5.61. The number of rotatable bonds is 3. The molecule has 2 aromatic rings. The first kappa shape index (κ1) is 25.0. The summed E-state index contributed by atoms with van der Waals surface area (Å²) in [6.07, 6.45) is 0.100. The van der Waals surface area contributed by atoms with Crippen LogP contribution < -0.4 is 16.2 Å². The molecule has 0 saturated carbocycles. The van der Waals surface area contributed by atoms with Gasteiger partial charge in [0.2, 0.25) is 5.43 Å². The maximum Gasteiger partial charge on any atom is 0.276 e. The Labute approximate surface area is 189 Å². The minimum Gasteiger partial charge on any atom is -0.502 e. The highest BCUT2D eigenvalue weighted by molar-refractivity contribution is 5.98. The molecule has 0 saturated heterocycles. The molecule has 184 valence electrons. The number of alkyl halides is 2. The van der Waals surface area contributed by atoms with Crippen molar-refractivity contribution in [3.05, 3.63) is 62.8 Å². The molecule has 0 radical (unpaired) electrons. The molecule has 1 aliphatic heterocycles. The summed E-state index contributed by atoms with van der Waals surface area (Å²) >= 11 is 0. The average molecular weight is 488 g/mol. The van der Waals surface area contributed by atoms with Crippen LogP contribution in [0, 0.1) is 17.5 Å². The quantitative estimate of drug-likeness (QED) is 0.576. The second-order valence-corrected chi connectivity index (χ2v) is 8.06. The average Bonchev–Trinajstić information content (AvgIpc) is 2.74. The van der Waals surface area contributed by atoms with E-state index in [1.165, 1.54) is 6.92 Å². The number of aromatic hydroxyl groups is 1. The molecule has 0 spiro atoms. The second kappa shape index (κ2) is 8.95. The number of aromatic nitrogens is 1. The number of hydrogen-bond acceptors (Lipinski definition) is 5. The Morgan fingerprint density at radius 2 is 1.79 bits per heavy atom. The number of amides is 2. The van der Waals surface area contributed by atoms with Gasteiger partial charge in [-0.15, -0.1) is 0 Å². The number of nitrogens with one attached hydrogen (secondary N) is 2. The molecule has 0 aliphatic carbocycles. The van der Waals surface area contributed by atoms with E-state index >= 15 is 0 Å². The molecule has 2 atom stereocenters. The smallest absolute Gasteiger partial charge is 0.276 e. The van der Waals surface area contributed by atoms with Crippen molar-refractivity contribution >= 4 is 11.8 Å². The summed E-state index contributed by atoms with van der Waals surface area (Å²) in [6.45, 7) is 1.72. The van der Waals surface area contributed by atoms with Crippen molar-refractivity contribution in [2.45, 2.75) is 44.8 Å². The first-order chi connectivity index (χ1) is 15.7. The maximum absolute atomic E-state index is 14.5. The van der Waals surface area contributed by atoms with Gasteiger partial charge in [0.1, 0.15) is 23.0 Å². The fourth-order valence-corrected chi connectivity index (χ4v) is 3.56. The lowest BCUT2D eigenvalue weighted by atomic mass is 10.0. The van der Waals surface area contributed by atoms with Crippen molar-refractivity contribution in [1.82, 2.24) is 14.9 Å². The standard InChI is InChI=1S/C21H21F5N4O4/c1-9-6-21(25,26)10(2)29(3)20(34)16-18(32)17(31)13(8-30(16)28-9)19(33)27-7-12-14(23)4-11(22)5-15(12)24/h4-5,8-10,28,32H,6-7H2,1-3H3,(H,27,33)/t9-,10+/m1/s1. The Morgan fingerprint density at radius 1 is 1.21 bits per heavy atom. The molecular formula is C21H21F5N4O4. The maximum atomic E-state index is 14.5. The highest BCUT2D eigenvalue weighted by Gasteiger charge is 2.44. The zero-order valence-corrected chi connectivity index (χ0v) is 18.3. The molecule has 3 N–H and O–H groups in total. The van der Waals surface area contributed by atoms with Crippen LogP contribution in [0.15, 0.2) is 23.1 Å². The van der Waals surface area contributed by atoms with Crippen LogP contribution in [-0.2, 0) is 6.54 Å². The Morgan fingerprint density at radius 3 is 2.38 bits per heavy atom. The Bertz CT molecular complexity index is 1190. The Hall–Kier alpha value is -3.64. The van der Waals surface area contributed by atoms with Crippen LogP contribution in [0.4, 0.5) is 22.0 Å². The van der Waals surface area contributed by atoms with Gasteiger partial charge in [-0.2, -0.15) is 0 Å². The Balaban J connectivity index is 2.01. The number of benzene rings is 1. The number of carbonyl (C=O) groups excluding carboxylic acids is 2. The van der Waals surface area contributed by atoms with Crippen molar-refractivity contribution in [2.24, 2.45) is 0 Å². The number of fused-ring (bicyclic) bond motifs is 1. The molecule has 0 unspecified atom stereocenters. The molecule has 1 aromatic heterocycles. The van der Waals surface area contributed by atoms with E-state index in [4.69, 9.17) is 0 Å². The molecule has 2 heterocycles. The number of hydrogen-bond donors (Lipinski definition) is 3. The summed E-state index contributed by atoms with van der Waals surface area (Å²) in [5.41, 5.74) is -0.854. The third-order valence-corrected chi connectivity index (χ3v) is 5.61. The van der Waals surface area contributed by atoms with Gasteiger partial charge in [-0.05, 0) is 13.8 Å². The summed E-state index contributed by atoms with van der Waals surface area (Å²) in [7, 11) is 1.08. The van der Waals surface area contributed by atoms with Crippen LogP contribution in [0.5, 0.6) is 5.75 Å². The van der Waals surface area contributed by atoms with E-state index in [1.807, 2.05) is 0 Å². The lowest BCUT2D eigenvalue weighted by Gasteiger charge is -2.31. The molecule has 13 heteroatoms. The van der Waals surface area contributed by atoms with Gasteiger partial charge in [-0.3, -0.25) is 19.1 Å². The van der Waals surface area contributed by atoms with E-state index in [0.717, 1.165) is 24.8 Å². The Kier molecular flexibility index (Phi) is 6.58. The van der Waals surface area contributed by atoms with E-state index in [2.05, 4.69) is 10.7 Å². The predicted octanol–water partition coefficient (Wildman–Crippen LogP) is 2.33. The molecule has 2 amide bonds. The van der Waals surface area contributed by atoms with Crippen LogP contribution in [-0.4, -0.2) is 51.6 Å². The van der Waals surface area contributed by atoms with E-state index in [0.29, 0.717) is 17.0 Å². The van der Waals surface area contributed by atoms with Gasteiger partial charge in [0.15, 0.2) is 11.4 Å². The fraction of sp³-hybridized carbons (Fsp3) is 0.381. The summed E-state index contributed by atoms with van der Waals surface area (Å²) in [4.78, 5) is 38.7. The molecule has 1 aliphatic rings. The van der Waals surface area contributed by atoms with Crippen LogP contribution in [0.1, 0.15) is 46.7 Å². The van der Waals surface area contributed by atoms with Crippen molar-refractivity contribution in [3.63, 3.8) is 0 Å². The minimum absolute atomic E-state index is 0.407. The fourth-order valence-electron chi connectivity index (χ4n) is 3.56. The minimum atomic E-state index is -3.32. The largest absolute Gasteiger partial charge is 0.502 e. The monoisotopic (exact) mass is 488 g/mol. The number of carbonyl (C=O) groups is 2. The lowest BCUT2D eigenvalue weighted by Crippen LogP contribution is -2.47.